The number of methoxy groups -OCH3 is 1. The number of esters is 1. The van der Waals surface area contributed by atoms with Gasteiger partial charge in [0.25, 0.3) is 0 Å². The van der Waals surface area contributed by atoms with Gasteiger partial charge in [0.05, 0.1) is 12.7 Å². The molecule has 0 aliphatic carbocycles. The average Bonchev–Trinajstić information content (AvgIpc) is 2.94. The van der Waals surface area contributed by atoms with Crippen LogP contribution in [0.2, 0.25) is 0 Å². The van der Waals surface area contributed by atoms with Crippen molar-refractivity contribution in [3.8, 4) is 0 Å². The molecule has 0 unspecified atom stereocenters. The highest BCUT2D eigenvalue weighted by Crippen LogP contribution is 2.30. The Hall–Kier alpha value is -1.62. The lowest BCUT2D eigenvalue weighted by molar-refractivity contribution is 0.0600. The van der Waals surface area contributed by atoms with Gasteiger partial charge < -0.3 is 15.0 Å². The Balaban J connectivity index is 1.92. The van der Waals surface area contributed by atoms with Gasteiger partial charge in [0, 0.05) is 24.3 Å². The Labute approximate surface area is 117 Å². The molecule has 2 aliphatic heterocycles. The van der Waals surface area contributed by atoms with E-state index in [0.717, 1.165) is 31.6 Å². The van der Waals surface area contributed by atoms with Crippen LogP contribution in [0.15, 0.2) is 18.2 Å². The van der Waals surface area contributed by atoms with E-state index < -0.39 is 11.8 Å². The highest BCUT2D eigenvalue weighted by atomic mass is 19.1. The highest BCUT2D eigenvalue weighted by Gasteiger charge is 2.35. The minimum Gasteiger partial charge on any atom is -0.465 e. The molecule has 0 bridgehead atoms. The maximum Gasteiger partial charge on any atom is 0.338 e. The van der Waals surface area contributed by atoms with Crippen LogP contribution in [-0.4, -0.2) is 38.3 Å². The van der Waals surface area contributed by atoms with Crippen LogP contribution >= 0.6 is 0 Å². The largest absolute Gasteiger partial charge is 0.465 e. The molecule has 4 nitrogen and oxygen atoms in total. The summed E-state index contributed by atoms with van der Waals surface area (Å²) in [5.74, 6) is -0.889. The summed E-state index contributed by atoms with van der Waals surface area (Å²) < 4.78 is 18.5. The number of fused-ring (bicyclic) bond motifs is 1. The topological polar surface area (TPSA) is 41.6 Å². The number of piperidine rings is 1. The number of carbonyl (C=O) groups excluding carboxylic acids is 1. The summed E-state index contributed by atoms with van der Waals surface area (Å²) in [6.07, 6.45) is 3.31. The van der Waals surface area contributed by atoms with Gasteiger partial charge in [-0.05, 0) is 44.0 Å². The number of rotatable bonds is 2. The van der Waals surface area contributed by atoms with Gasteiger partial charge in [-0.15, -0.1) is 0 Å². The number of hydrogen-bond donors (Lipinski definition) is 1. The van der Waals surface area contributed by atoms with Crippen LogP contribution < -0.4 is 10.2 Å². The number of carbonyl (C=O) groups is 1. The van der Waals surface area contributed by atoms with Crippen LogP contribution in [0.25, 0.3) is 0 Å². The summed E-state index contributed by atoms with van der Waals surface area (Å²) in [6.45, 7) is 1.91. The lowest BCUT2D eigenvalue weighted by atomic mass is 9.96. The first-order valence-corrected chi connectivity index (χ1v) is 7.08. The summed E-state index contributed by atoms with van der Waals surface area (Å²) in [5, 5.41) is 3.49. The normalized spacial score (nSPS) is 25.4. The Bertz CT molecular complexity index is 521. The van der Waals surface area contributed by atoms with Crippen molar-refractivity contribution in [2.75, 3.05) is 25.1 Å². The zero-order valence-electron chi connectivity index (χ0n) is 11.6. The van der Waals surface area contributed by atoms with E-state index in [1.54, 1.807) is 6.07 Å². The standard InChI is InChI=1S/C15H19FN2O2/c1-20-15(19)10-7-11(16)9-12(8-10)18-6-2-3-13-14(18)4-5-17-13/h7-9,13-14,17H,2-6H2,1H3/t13-,14-/m1/s1. The van der Waals surface area contributed by atoms with Gasteiger partial charge in [0.2, 0.25) is 0 Å². The fraction of sp³-hybridized carbons (Fsp3) is 0.533. The van der Waals surface area contributed by atoms with Crippen LogP contribution in [0.4, 0.5) is 10.1 Å². The van der Waals surface area contributed by atoms with E-state index in [9.17, 15) is 9.18 Å². The number of anilines is 1. The maximum atomic E-state index is 13.8. The molecule has 2 aliphatic rings. The molecule has 2 fully saturated rings. The Morgan fingerprint density at radius 2 is 2.25 bits per heavy atom. The molecule has 1 N–H and O–H groups in total. The smallest absolute Gasteiger partial charge is 0.338 e. The van der Waals surface area contributed by atoms with E-state index in [2.05, 4.69) is 15.0 Å². The first-order valence-electron chi connectivity index (χ1n) is 7.08. The third-order valence-corrected chi connectivity index (χ3v) is 4.26. The lowest BCUT2D eigenvalue weighted by Gasteiger charge is -2.39. The first-order chi connectivity index (χ1) is 9.69. The molecular formula is C15H19FN2O2. The number of nitrogens with zero attached hydrogens (tertiary/aromatic N) is 1. The van der Waals surface area contributed by atoms with E-state index in [4.69, 9.17) is 0 Å². The predicted octanol–water partition coefficient (Wildman–Crippen LogP) is 1.94. The Morgan fingerprint density at radius 1 is 1.40 bits per heavy atom. The molecule has 2 saturated heterocycles. The fourth-order valence-electron chi connectivity index (χ4n) is 3.36. The quantitative estimate of drug-likeness (QED) is 0.840. The molecule has 20 heavy (non-hydrogen) atoms. The van der Waals surface area contributed by atoms with Gasteiger partial charge in [0.1, 0.15) is 5.82 Å². The van der Waals surface area contributed by atoms with Crippen LogP contribution in [0.3, 0.4) is 0 Å². The summed E-state index contributed by atoms with van der Waals surface area (Å²) in [5.41, 5.74) is 1.05. The molecular weight excluding hydrogens is 259 g/mol. The third kappa shape index (κ3) is 2.38. The van der Waals surface area contributed by atoms with Crippen LogP contribution in [0.1, 0.15) is 29.6 Å². The van der Waals surface area contributed by atoms with Crippen molar-refractivity contribution in [3.63, 3.8) is 0 Å². The molecule has 108 valence electrons. The van der Waals surface area contributed by atoms with Crippen molar-refractivity contribution in [2.24, 2.45) is 0 Å². The van der Waals surface area contributed by atoms with Crippen LogP contribution in [-0.2, 0) is 4.74 Å². The fourth-order valence-corrected chi connectivity index (χ4v) is 3.36. The molecule has 0 spiro atoms. The summed E-state index contributed by atoms with van der Waals surface area (Å²) in [6, 6.07) is 5.34. The molecule has 2 atom stereocenters. The van der Waals surface area contributed by atoms with Crippen molar-refractivity contribution < 1.29 is 13.9 Å². The molecule has 0 radical (unpaired) electrons. The molecule has 1 aromatic rings. The van der Waals surface area contributed by atoms with Gasteiger partial charge in [0.15, 0.2) is 0 Å². The maximum absolute atomic E-state index is 13.8. The van der Waals surface area contributed by atoms with Gasteiger partial charge in [-0.1, -0.05) is 0 Å². The number of hydrogen-bond acceptors (Lipinski definition) is 4. The number of ether oxygens (including phenoxy) is 1. The van der Waals surface area contributed by atoms with Gasteiger partial charge in [-0.25, -0.2) is 9.18 Å². The average molecular weight is 278 g/mol. The molecule has 5 heteroatoms. The summed E-state index contributed by atoms with van der Waals surface area (Å²) in [7, 11) is 1.31. The van der Waals surface area contributed by atoms with E-state index in [1.807, 2.05) is 0 Å². The van der Waals surface area contributed by atoms with E-state index in [-0.39, 0.29) is 5.56 Å². The van der Waals surface area contributed by atoms with E-state index in [1.165, 1.54) is 25.7 Å². The van der Waals surface area contributed by atoms with Crippen molar-refractivity contribution in [1.29, 1.82) is 0 Å². The van der Waals surface area contributed by atoms with Gasteiger partial charge in [-0.2, -0.15) is 0 Å². The third-order valence-electron chi connectivity index (χ3n) is 4.26. The second kappa shape index (κ2) is 5.40. The van der Waals surface area contributed by atoms with Gasteiger partial charge in [-0.3, -0.25) is 0 Å². The van der Waals surface area contributed by atoms with Crippen LogP contribution in [0.5, 0.6) is 0 Å². The molecule has 3 rings (SSSR count). The molecule has 1 aromatic carbocycles. The SMILES string of the molecule is COC(=O)c1cc(F)cc(N2CCC[C@H]3NCC[C@H]32)c1. The second-order valence-corrected chi connectivity index (χ2v) is 5.44. The Morgan fingerprint density at radius 3 is 3.05 bits per heavy atom. The Kier molecular flexibility index (Phi) is 3.61. The molecule has 2 heterocycles. The summed E-state index contributed by atoms with van der Waals surface area (Å²) in [4.78, 5) is 13.8. The van der Waals surface area contributed by atoms with Crippen LogP contribution in [0, 0.1) is 5.82 Å². The molecule has 0 aromatic heterocycles. The van der Waals surface area contributed by atoms with Crippen molar-refractivity contribution in [2.45, 2.75) is 31.3 Å². The van der Waals surface area contributed by atoms with Crippen molar-refractivity contribution in [3.05, 3.63) is 29.6 Å². The van der Waals surface area contributed by atoms with Gasteiger partial charge >= 0.3 is 5.97 Å². The number of halogens is 1. The molecule has 0 saturated carbocycles. The number of benzene rings is 1. The van der Waals surface area contributed by atoms with E-state index in [0.29, 0.717) is 12.1 Å². The van der Waals surface area contributed by atoms with E-state index >= 15 is 0 Å². The first kappa shape index (κ1) is 13.4. The van der Waals surface area contributed by atoms with Crippen molar-refractivity contribution in [1.82, 2.24) is 5.32 Å². The molecule has 0 amide bonds. The predicted molar refractivity (Wildman–Crippen MR) is 74.5 cm³/mol. The lowest BCUT2D eigenvalue weighted by Crippen LogP contribution is -2.48. The summed E-state index contributed by atoms with van der Waals surface area (Å²) >= 11 is 0. The monoisotopic (exact) mass is 278 g/mol. The van der Waals surface area contributed by atoms with Crippen molar-refractivity contribution >= 4 is 11.7 Å². The zero-order valence-corrected chi connectivity index (χ0v) is 11.6. The number of nitrogens with one attached hydrogen (secondary N) is 1. The minimum atomic E-state index is -0.496. The minimum absolute atomic E-state index is 0.274. The zero-order chi connectivity index (χ0) is 14.1. The highest BCUT2D eigenvalue weighted by molar-refractivity contribution is 5.90. The second-order valence-electron chi connectivity index (χ2n) is 5.44.